The minimum Gasteiger partial charge on any atom is -0.481 e. The average Bonchev–Trinajstić information content (AvgIpc) is 3.04. The van der Waals surface area contributed by atoms with Crippen LogP contribution in [0.5, 0.6) is 0 Å². The number of rotatable bonds is 16. The highest BCUT2D eigenvalue weighted by Crippen LogP contribution is 2.39. The summed E-state index contributed by atoms with van der Waals surface area (Å²) in [7, 11) is 0. The van der Waals surface area contributed by atoms with Crippen molar-refractivity contribution in [2.75, 3.05) is 18.1 Å². The van der Waals surface area contributed by atoms with Crippen molar-refractivity contribution in [3.63, 3.8) is 0 Å². The van der Waals surface area contributed by atoms with Gasteiger partial charge in [0.25, 0.3) is 0 Å². The van der Waals surface area contributed by atoms with Crippen molar-refractivity contribution < 1.29 is 34.4 Å². The van der Waals surface area contributed by atoms with Crippen molar-refractivity contribution in [3.8, 4) is 11.1 Å². The van der Waals surface area contributed by atoms with Crippen LogP contribution in [0.2, 0.25) is 0 Å². The summed E-state index contributed by atoms with van der Waals surface area (Å²) < 4.78 is 12.8. The number of carbonyl (C=O) groups is 2. The monoisotopic (exact) mass is 607 g/mol. The molecule has 1 saturated heterocycles. The SMILES string of the molecule is O=C(O)CCCCCC(=O)NCc1cccc(-c2ccc([C@H]3O[C@@H](CSCCO)C[C@@H](c4ccc(CO)cc4)O3)cc2)c1. The van der Waals surface area contributed by atoms with Gasteiger partial charge in [-0.3, -0.25) is 9.59 Å². The van der Waals surface area contributed by atoms with Crippen molar-refractivity contribution in [1.82, 2.24) is 5.32 Å². The first-order valence-corrected chi connectivity index (χ1v) is 16.0. The highest BCUT2D eigenvalue weighted by Gasteiger charge is 2.32. The second kappa shape index (κ2) is 17.2. The van der Waals surface area contributed by atoms with Gasteiger partial charge in [0, 0.05) is 42.9 Å². The van der Waals surface area contributed by atoms with E-state index in [4.69, 9.17) is 14.6 Å². The van der Waals surface area contributed by atoms with Gasteiger partial charge in [0.05, 0.1) is 25.4 Å². The van der Waals surface area contributed by atoms with E-state index in [1.54, 1.807) is 11.8 Å². The number of carboxylic acids is 1. The van der Waals surface area contributed by atoms with Crippen LogP contribution in [0.3, 0.4) is 0 Å². The highest BCUT2D eigenvalue weighted by atomic mass is 32.2. The van der Waals surface area contributed by atoms with E-state index in [0.717, 1.165) is 45.6 Å². The van der Waals surface area contributed by atoms with Crippen molar-refractivity contribution >= 4 is 23.6 Å². The number of carbonyl (C=O) groups excluding carboxylic acids is 1. The number of aliphatic hydroxyl groups is 2. The molecule has 1 heterocycles. The van der Waals surface area contributed by atoms with Crippen LogP contribution in [0.25, 0.3) is 11.1 Å². The van der Waals surface area contributed by atoms with E-state index in [1.807, 2.05) is 66.7 Å². The number of benzene rings is 3. The fourth-order valence-corrected chi connectivity index (χ4v) is 5.80. The third kappa shape index (κ3) is 10.5. The molecule has 0 spiro atoms. The molecule has 4 rings (SSSR count). The first-order chi connectivity index (χ1) is 20.9. The Hall–Kier alpha value is -3.21. The standard InChI is InChI=1S/C34H41NO7S/c36-17-18-43-23-30-20-31(27-11-9-24(22-37)10-12-27)42-34(41-30)28-15-13-26(14-16-28)29-6-4-5-25(19-29)21-35-32(38)7-2-1-3-8-33(39)40/h4-6,9-16,19,30-31,34,36-37H,1-3,7-8,17-18,20-23H2,(H,35,38)(H,39,40)/t30-,31+,34+/m1/s1. The zero-order chi connectivity index (χ0) is 30.4. The predicted octanol–water partition coefficient (Wildman–Crippen LogP) is 5.77. The van der Waals surface area contributed by atoms with Crippen molar-refractivity contribution in [2.24, 2.45) is 0 Å². The largest absolute Gasteiger partial charge is 0.481 e. The maximum Gasteiger partial charge on any atom is 0.303 e. The fraction of sp³-hybridized carbons (Fsp3) is 0.412. The van der Waals surface area contributed by atoms with E-state index in [2.05, 4.69) is 11.4 Å². The van der Waals surface area contributed by atoms with Crippen molar-refractivity contribution in [2.45, 2.75) is 70.2 Å². The molecule has 1 fully saturated rings. The van der Waals surface area contributed by atoms with Crippen LogP contribution < -0.4 is 5.32 Å². The zero-order valence-electron chi connectivity index (χ0n) is 24.3. The van der Waals surface area contributed by atoms with Gasteiger partial charge in [-0.05, 0) is 46.7 Å². The third-order valence-corrected chi connectivity index (χ3v) is 8.46. The lowest BCUT2D eigenvalue weighted by atomic mass is 9.99. The Morgan fingerprint density at radius 3 is 2.30 bits per heavy atom. The lowest BCUT2D eigenvalue weighted by molar-refractivity contribution is -0.245. The predicted molar refractivity (Wildman–Crippen MR) is 167 cm³/mol. The summed E-state index contributed by atoms with van der Waals surface area (Å²) in [5.41, 5.74) is 5.90. The normalized spacial score (nSPS) is 18.3. The van der Waals surface area contributed by atoms with E-state index in [9.17, 15) is 19.8 Å². The summed E-state index contributed by atoms with van der Waals surface area (Å²) in [6.45, 7) is 0.564. The summed E-state index contributed by atoms with van der Waals surface area (Å²) in [6.07, 6.45) is 2.52. The van der Waals surface area contributed by atoms with Crippen LogP contribution in [-0.2, 0) is 32.2 Å². The molecule has 0 unspecified atom stereocenters. The van der Waals surface area contributed by atoms with E-state index in [0.29, 0.717) is 38.0 Å². The van der Waals surface area contributed by atoms with Crippen LogP contribution in [0, 0.1) is 0 Å². The molecule has 1 amide bonds. The molecule has 1 aliphatic heterocycles. The molecule has 43 heavy (non-hydrogen) atoms. The second-order valence-corrected chi connectivity index (χ2v) is 11.9. The van der Waals surface area contributed by atoms with E-state index in [-0.39, 0.29) is 37.7 Å². The summed E-state index contributed by atoms with van der Waals surface area (Å²) in [6, 6.07) is 24.0. The minimum absolute atomic E-state index is 0.000558. The lowest BCUT2D eigenvalue weighted by Gasteiger charge is -2.36. The van der Waals surface area contributed by atoms with E-state index in [1.165, 1.54) is 0 Å². The lowest BCUT2D eigenvalue weighted by Crippen LogP contribution is -2.31. The number of aliphatic carboxylic acids is 1. The van der Waals surface area contributed by atoms with Crippen LogP contribution in [0.4, 0.5) is 0 Å². The summed E-state index contributed by atoms with van der Waals surface area (Å²) in [5, 5.41) is 30.3. The van der Waals surface area contributed by atoms with E-state index < -0.39 is 12.3 Å². The molecule has 0 saturated carbocycles. The smallest absolute Gasteiger partial charge is 0.303 e. The Labute approximate surface area is 257 Å². The van der Waals surface area contributed by atoms with Crippen molar-refractivity contribution in [3.05, 3.63) is 95.1 Å². The molecular formula is C34H41NO7S. The van der Waals surface area contributed by atoms with Gasteiger partial charge in [-0.1, -0.05) is 73.2 Å². The first kappa shape index (κ1) is 32.7. The molecule has 4 N–H and O–H groups in total. The van der Waals surface area contributed by atoms with Crippen molar-refractivity contribution in [1.29, 1.82) is 0 Å². The number of amides is 1. The molecule has 3 aromatic carbocycles. The van der Waals surface area contributed by atoms with Crippen LogP contribution in [-0.4, -0.2) is 51.4 Å². The zero-order valence-corrected chi connectivity index (χ0v) is 25.1. The number of ether oxygens (including phenoxy) is 2. The molecule has 0 aromatic heterocycles. The topological polar surface area (TPSA) is 125 Å². The van der Waals surface area contributed by atoms with Crippen LogP contribution in [0.15, 0.2) is 72.8 Å². The number of unbranched alkanes of at least 4 members (excludes halogenated alkanes) is 2. The minimum atomic E-state index is -0.803. The number of carboxylic acid groups (broad SMARTS) is 1. The highest BCUT2D eigenvalue weighted by molar-refractivity contribution is 7.99. The van der Waals surface area contributed by atoms with Gasteiger partial charge in [-0.25, -0.2) is 0 Å². The van der Waals surface area contributed by atoms with Crippen LogP contribution in [0.1, 0.15) is 73.2 Å². The number of aliphatic hydroxyl groups excluding tert-OH is 2. The quantitative estimate of drug-likeness (QED) is 0.151. The molecule has 1 aliphatic rings. The first-order valence-electron chi connectivity index (χ1n) is 14.8. The molecule has 9 heteroatoms. The molecular weight excluding hydrogens is 566 g/mol. The summed E-state index contributed by atoms with van der Waals surface area (Å²) >= 11 is 1.66. The number of nitrogens with one attached hydrogen (secondary N) is 1. The molecule has 8 nitrogen and oxygen atoms in total. The molecule has 0 radical (unpaired) electrons. The average molecular weight is 608 g/mol. The van der Waals surface area contributed by atoms with Gasteiger partial charge >= 0.3 is 5.97 Å². The molecule has 0 bridgehead atoms. The molecule has 230 valence electrons. The fourth-order valence-electron chi connectivity index (χ4n) is 5.02. The second-order valence-electron chi connectivity index (χ2n) is 10.7. The Kier molecular flexibility index (Phi) is 13.1. The Morgan fingerprint density at radius 1 is 0.837 bits per heavy atom. The molecule has 3 atom stereocenters. The van der Waals surface area contributed by atoms with Gasteiger partial charge in [0.1, 0.15) is 0 Å². The maximum absolute atomic E-state index is 12.2. The number of thioether (sulfide) groups is 1. The van der Waals surface area contributed by atoms with Gasteiger partial charge in [0.15, 0.2) is 6.29 Å². The van der Waals surface area contributed by atoms with Gasteiger partial charge < -0.3 is 30.1 Å². The Morgan fingerprint density at radius 2 is 1.58 bits per heavy atom. The third-order valence-electron chi connectivity index (χ3n) is 7.38. The van der Waals surface area contributed by atoms with E-state index >= 15 is 0 Å². The Balaban J connectivity index is 1.37. The van der Waals surface area contributed by atoms with Crippen LogP contribution >= 0.6 is 11.8 Å². The molecule has 0 aliphatic carbocycles. The number of hydrogen-bond acceptors (Lipinski definition) is 7. The summed E-state index contributed by atoms with van der Waals surface area (Å²) in [5.74, 6) is 0.585. The number of hydrogen-bond donors (Lipinski definition) is 4. The van der Waals surface area contributed by atoms with Gasteiger partial charge in [0.2, 0.25) is 5.91 Å². The van der Waals surface area contributed by atoms with Gasteiger partial charge in [-0.2, -0.15) is 11.8 Å². The summed E-state index contributed by atoms with van der Waals surface area (Å²) in [4.78, 5) is 22.8. The van der Waals surface area contributed by atoms with Gasteiger partial charge in [-0.15, -0.1) is 0 Å². The maximum atomic E-state index is 12.2. The Bertz CT molecular complexity index is 1300. The molecule has 3 aromatic rings.